The van der Waals surface area contributed by atoms with Gasteiger partial charge in [0.05, 0.1) is 15.6 Å². The van der Waals surface area contributed by atoms with E-state index in [1.54, 1.807) is 12.1 Å². The van der Waals surface area contributed by atoms with Gasteiger partial charge in [0.2, 0.25) is 0 Å². The van der Waals surface area contributed by atoms with Crippen molar-refractivity contribution in [3.63, 3.8) is 0 Å². The predicted octanol–water partition coefficient (Wildman–Crippen LogP) is 4.14. The van der Waals surface area contributed by atoms with Crippen molar-refractivity contribution in [2.75, 3.05) is 0 Å². The summed E-state index contributed by atoms with van der Waals surface area (Å²) in [7, 11) is 0. The number of aromatic nitrogens is 2. The van der Waals surface area contributed by atoms with Gasteiger partial charge in [-0.1, -0.05) is 42.1 Å². The molecule has 1 aromatic carbocycles. The van der Waals surface area contributed by atoms with E-state index in [9.17, 15) is 5.11 Å². The molecule has 20 heavy (non-hydrogen) atoms. The van der Waals surface area contributed by atoms with Crippen molar-refractivity contribution in [1.82, 2.24) is 9.59 Å². The highest BCUT2D eigenvalue weighted by Crippen LogP contribution is 2.35. The third kappa shape index (κ3) is 2.22. The second-order valence-corrected chi connectivity index (χ2v) is 6.08. The fraction of sp³-hybridized carbons (Fsp3) is 0.286. The molecule has 0 radical (unpaired) electrons. The maximum absolute atomic E-state index is 10.5. The number of furan rings is 1. The monoisotopic (exact) mass is 308 g/mol. The van der Waals surface area contributed by atoms with Crippen molar-refractivity contribution in [3.8, 4) is 0 Å². The molecule has 0 spiro atoms. The molecule has 0 saturated heterocycles. The summed E-state index contributed by atoms with van der Waals surface area (Å²) in [5.41, 5.74) is 1.39. The van der Waals surface area contributed by atoms with E-state index in [0.29, 0.717) is 16.4 Å². The van der Waals surface area contributed by atoms with E-state index in [2.05, 4.69) is 9.59 Å². The van der Waals surface area contributed by atoms with Crippen LogP contribution in [0.3, 0.4) is 0 Å². The van der Waals surface area contributed by atoms with Gasteiger partial charge in [0.1, 0.15) is 11.9 Å². The molecule has 0 fully saturated rings. The molecule has 3 rings (SSSR count). The highest BCUT2D eigenvalue weighted by Gasteiger charge is 2.24. The summed E-state index contributed by atoms with van der Waals surface area (Å²) in [4.78, 5) is 0.718. The molecule has 1 unspecified atom stereocenters. The van der Waals surface area contributed by atoms with Crippen LogP contribution in [0.4, 0.5) is 0 Å². The maximum Gasteiger partial charge on any atom is 0.153 e. The summed E-state index contributed by atoms with van der Waals surface area (Å²) < 4.78 is 9.61. The molecular weight excluding hydrogens is 296 g/mol. The highest BCUT2D eigenvalue weighted by molar-refractivity contribution is 7.05. The Morgan fingerprint density at radius 2 is 2.15 bits per heavy atom. The zero-order valence-corrected chi connectivity index (χ0v) is 12.6. The van der Waals surface area contributed by atoms with E-state index in [1.165, 1.54) is 11.5 Å². The predicted molar refractivity (Wildman–Crippen MR) is 79.3 cm³/mol. The number of hydrogen-bond donors (Lipinski definition) is 1. The zero-order valence-electron chi connectivity index (χ0n) is 11.0. The van der Waals surface area contributed by atoms with E-state index in [1.807, 2.05) is 26.0 Å². The number of para-hydroxylation sites is 1. The number of halogens is 1. The van der Waals surface area contributed by atoms with E-state index in [0.717, 1.165) is 16.0 Å². The van der Waals surface area contributed by atoms with E-state index in [-0.39, 0.29) is 5.92 Å². The molecule has 0 aliphatic rings. The van der Waals surface area contributed by atoms with Crippen LogP contribution in [0.2, 0.25) is 5.02 Å². The lowest BCUT2D eigenvalue weighted by atomic mass is 10.1. The minimum atomic E-state index is -0.865. The van der Waals surface area contributed by atoms with Crippen molar-refractivity contribution in [2.24, 2.45) is 0 Å². The van der Waals surface area contributed by atoms with Gasteiger partial charge >= 0.3 is 0 Å². The molecule has 2 heterocycles. The van der Waals surface area contributed by atoms with Gasteiger partial charge in [-0.05, 0) is 29.6 Å². The average molecular weight is 309 g/mol. The van der Waals surface area contributed by atoms with Crippen LogP contribution in [0.5, 0.6) is 0 Å². The Hall–Kier alpha value is -1.43. The van der Waals surface area contributed by atoms with Gasteiger partial charge in [-0.25, -0.2) is 0 Å². The minimum absolute atomic E-state index is 0.200. The lowest BCUT2D eigenvalue weighted by Gasteiger charge is -2.08. The van der Waals surface area contributed by atoms with E-state index < -0.39 is 6.10 Å². The number of fused-ring (bicyclic) bond motifs is 1. The van der Waals surface area contributed by atoms with Gasteiger partial charge in [0, 0.05) is 5.39 Å². The van der Waals surface area contributed by atoms with Crippen LogP contribution >= 0.6 is 23.1 Å². The first-order valence-electron chi connectivity index (χ1n) is 6.26. The molecule has 0 aliphatic heterocycles. The van der Waals surface area contributed by atoms with Gasteiger partial charge in [-0.2, -0.15) is 0 Å². The van der Waals surface area contributed by atoms with Crippen LogP contribution in [-0.2, 0) is 0 Å². The van der Waals surface area contributed by atoms with Gasteiger partial charge in [0.25, 0.3) is 0 Å². The molecule has 0 amide bonds. The Bertz CT molecular complexity index is 751. The fourth-order valence-corrected chi connectivity index (χ4v) is 3.13. The van der Waals surface area contributed by atoms with E-state index in [4.69, 9.17) is 16.0 Å². The molecule has 1 N–H and O–H groups in total. The van der Waals surface area contributed by atoms with Crippen molar-refractivity contribution in [2.45, 2.75) is 25.9 Å². The lowest BCUT2D eigenvalue weighted by molar-refractivity contribution is 0.194. The number of hydrogen-bond acceptors (Lipinski definition) is 5. The zero-order chi connectivity index (χ0) is 14.3. The average Bonchev–Trinajstić information content (AvgIpc) is 3.05. The Morgan fingerprint density at radius 3 is 2.85 bits per heavy atom. The maximum atomic E-state index is 10.5. The van der Waals surface area contributed by atoms with E-state index >= 15 is 0 Å². The summed E-state index contributed by atoms with van der Waals surface area (Å²) in [6, 6.07) is 7.31. The molecule has 3 aromatic rings. The number of rotatable bonds is 3. The second-order valence-electron chi connectivity index (χ2n) is 4.89. The summed E-state index contributed by atoms with van der Waals surface area (Å²) in [6.45, 7) is 4.03. The normalized spacial score (nSPS) is 13.2. The Morgan fingerprint density at radius 1 is 1.35 bits per heavy atom. The topological polar surface area (TPSA) is 59.2 Å². The standard InChI is InChI=1S/C14H13ClN2O2S/c1-7(2)11-14(20-17-16-11)12(18)10-6-8-4-3-5-9(15)13(8)19-10/h3-7,12,18H,1-2H3. The van der Waals surface area contributed by atoms with Gasteiger partial charge in [-0.15, -0.1) is 5.10 Å². The first-order chi connectivity index (χ1) is 9.58. The van der Waals surface area contributed by atoms with Crippen LogP contribution in [0, 0.1) is 0 Å². The largest absolute Gasteiger partial charge is 0.456 e. The van der Waals surface area contributed by atoms with Crippen LogP contribution in [0.25, 0.3) is 11.0 Å². The van der Waals surface area contributed by atoms with Crippen LogP contribution in [-0.4, -0.2) is 14.7 Å². The van der Waals surface area contributed by atoms with Crippen molar-refractivity contribution >= 4 is 34.1 Å². The summed E-state index contributed by atoms with van der Waals surface area (Å²) >= 11 is 7.28. The molecule has 1 atom stereocenters. The van der Waals surface area contributed by atoms with Gasteiger partial charge in [0.15, 0.2) is 5.58 Å². The molecular formula is C14H13ClN2O2S. The quantitative estimate of drug-likeness (QED) is 0.790. The lowest BCUT2D eigenvalue weighted by Crippen LogP contribution is -2.01. The third-order valence-electron chi connectivity index (χ3n) is 3.12. The minimum Gasteiger partial charge on any atom is -0.456 e. The fourth-order valence-electron chi connectivity index (χ4n) is 2.11. The number of aliphatic hydroxyl groups excluding tert-OH is 1. The highest BCUT2D eigenvalue weighted by atomic mass is 35.5. The number of nitrogens with zero attached hydrogens (tertiary/aromatic N) is 2. The molecule has 104 valence electrons. The first kappa shape index (κ1) is 13.5. The molecule has 0 aliphatic carbocycles. The second kappa shape index (κ2) is 5.16. The third-order valence-corrected chi connectivity index (χ3v) is 4.21. The van der Waals surface area contributed by atoms with Crippen molar-refractivity contribution in [1.29, 1.82) is 0 Å². The SMILES string of the molecule is CC(C)c1nnsc1C(O)c1cc2cccc(Cl)c2o1. The summed E-state index contributed by atoms with van der Waals surface area (Å²) in [5.74, 6) is 0.660. The number of aliphatic hydroxyl groups is 1. The Labute approximate surface area is 125 Å². The van der Waals surface area contributed by atoms with Crippen LogP contribution in [0.15, 0.2) is 28.7 Å². The summed E-state index contributed by atoms with van der Waals surface area (Å²) in [5, 5.41) is 16.0. The molecule has 0 saturated carbocycles. The van der Waals surface area contributed by atoms with Crippen LogP contribution < -0.4 is 0 Å². The summed E-state index contributed by atoms with van der Waals surface area (Å²) in [6.07, 6.45) is -0.865. The Kier molecular flexibility index (Phi) is 3.50. The van der Waals surface area contributed by atoms with Crippen molar-refractivity contribution in [3.05, 3.63) is 45.6 Å². The van der Waals surface area contributed by atoms with Crippen molar-refractivity contribution < 1.29 is 9.52 Å². The first-order valence-corrected chi connectivity index (χ1v) is 7.41. The molecule has 6 heteroatoms. The molecule has 2 aromatic heterocycles. The smallest absolute Gasteiger partial charge is 0.153 e. The number of benzene rings is 1. The Balaban J connectivity index is 2.06. The van der Waals surface area contributed by atoms with Crippen LogP contribution in [0.1, 0.15) is 42.2 Å². The molecule has 0 bridgehead atoms. The van der Waals surface area contributed by atoms with Gasteiger partial charge in [-0.3, -0.25) is 0 Å². The van der Waals surface area contributed by atoms with Gasteiger partial charge < -0.3 is 9.52 Å². The molecule has 4 nitrogen and oxygen atoms in total.